The average Bonchev–Trinajstić information content (AvgIpc) is 2.43. The van der Waals surface area contributed by atoms with Crippen molar-refractivity contribution in [2.75, 3.05) is 0 Å². The monoisotopic (exact) mass is 301 g/mol. The van der Waals surface area contributed by atoms with E-state index in [2.05, 4.69) is 6.92 Å². The minimum Gasteiger partial charge on any atom is -0.478 e. The van der Waals surface area contributed by atoms with Gasteiger partial charge in [-0.15, -0.1) is 0 Å². The summed E-state index contributed by atoms with van der Waals surface area (Å²) in [6.07, 6.45) is 6.90. The van der Waals surface area contributed by atoms with E-state index < -0.39 is 5.97 Å². The van der Waals surface area contributed by atoms with Crippen molar-refractivity contribution in [3.05, 3.63) is 29.8 Å². The number of para-hydroxylation sites is 1. The number of rotatable bonds is 9. The van der Waals surface area contributed by atoms with Crippen molar-refractivity contribution in [2.45, 2.75) is 51.9 Å². The molecule has 0 spiro atoms. The Morgan fingerprint density at radius 1 is 1.05 bits per heavy atom. The molecular formula is C16H22NaO4. The summed E-state index contributed by atoms with van der Waals surface area (Å²) >= 11 is 0. The maximum atomic E-state index is 11.7. The molecule has 0 amide bonds. The van der Waals surface area contributed by atoms with Crippen LogP contribution in [-0.4, -0.2) is 46.6 Å². The quantitative estimate of drug-likeness (QED) is 0.327. The third kappa shape index (κ3) is 8.24. The second-order valence-corrected chi connectivity index (χ2v) is 4.79. The second-order valence-electron chi connectivity index (χ2n) is 4.79. The van der Waals surface area contributed by atoms with Gasteiger partial charge in [-0.05, 0) is 18.6 Å². The zero-order valence-electron chi connectivity index (χ0n) is 12.9. The first-order valence-corrected chi connectivity index (χ1v) is 7.18. The van der Waals surface area contributed by atoms with Crippen molar-refractivity contribution in [2.24, 2.45) is 0 Å². The number of hydrogen-bond acceptors (Lipinski definition) is 3. The number of carbonyl (C=O) groups is 2. The Balaban J connectivity index is 0.00000400. The zero-order chi connectivity index (χ0) is 14.8. The van der Waals surface area contributed by atoms with E-state index in [4.69, 9.17) is 9.84 Å². The molecule has 1 N–H and O–H groups in total. The molecule has 0 aliphatic heterocycles. The van der Waals surface area contributed by atoms with Crippen LogP contribution in [0, 0.1) is 0 Å². The first kappa shape index (κ1) is 20.2. The fraction of sp³-hybridized carbons (Fsp3) is 0.500. The Morgan fingerprint density at radius 2 is 1.67 bits per heavy atom. The summed E-state index contributed by atoms with van der Waals surface area (Å²) in [6, 6.07) is 6.19. The average molecular weight is 301 g/mol. The van der Waals surface area contributed by atoms with Crippen LogP contribution in [0.4, 0.5) is 0 Å². The van der Waals surface area contributed by atoms with Crippen molar-refractivity contribution in [1.29, 1.82) is 0 Å². The SMILES string of the molecule is CCCCCCCCC(=O)Oc1ccccc1C(=O)O.[Na]. The van der Waals surface area contributed by atoms with Crippen molar-refractivity contribution >= 4 is 41.5 Å². The van der Waals surface area contributed by atoms with Crippen molar-refractivity contribution in [1.82, 2.24) is 0 Å². The second kappa shape index (κ2) is 11.8. The summed E-state index contributed by atoms with van der Waals surface area (Å²) in [5, 5.41) is 8.98. The molecule has 111 valence electrons. The van der Waals surface area contributed by atoms with Gasteiger partial charge < -0.3 is 9.84 Å². The number of unbranched alkanes of at least 4 members (excludes halogenated alkanes) is 5. The molecule has 21 heavy (non-hydrogen) atoms. The summed E-state index contributed by atoms with van der Waals surface area (Å²) in [5.41, 5.74) is 0.0174. The molecule has 0 aliphatic rings. The van der Waals surface area contributed by atoms with Crippen molar-refractivity contribution in [3.63, 3.8) is 0 Å². The molecule has 0 fully saturated rings. The normalized spacial score (nSPS) is 9.76. The van der Waals surface area contributed by atoms with Crippen LogP contribution in [0.3, 0.4) is 0 Å². The van der Waals surface area contributed by atoms with Crippen LogP contribution in [0.5, 0.6) is 5.75 Å². The summed E-state index contributed by atoms with van der Waals surface area (Å²) in [6.45, 7) is 2.16. The van der Waals surface area contributed by atoms with Gasteiger partial charge in [0, 0.05) is 36.0 Å². The topological polar surface area (TPSA) is 63.6 Å². The van der Waals surface area contributed by atoms with Gasteiger partial charge in [-0.3, -0.25) is 4.79 Å². The molecular weight excluding hydrogens is 279 g/mol. The minimum absolute atomic E-state index is 0. The maximum absolute atomic E-state index is 11.7. The number of aromatic carboxylic acids is 1. The van der Waals surface area contributed by atoms with Gasteiger partial charge in [0.1, 0.15) is 11.3 Å². The summed E-state index contributed by atoms with van der Waals surface area (Å²) in [7, 11) is 0. The smallest absolute Gasteiger partial charge is 0.339 e. The molecule has 5 heteroatoms. The van der Waals surface area contributed by atoms with Gasteiger partial charge in [-0.25, -0.2) is 4.79 Å². The molecule has 0 heterocycles. The Bertz CT molecular complexity index is 446. The van der Waals surface area contributed by atoms with Crippen LogP contribution in [0.1, 0.15) is 62.2 Å². The van der Waals surface area contributed by atoms with Gasteiger partial charge in [-0.1, -0.05) is 51.2 Å². The van der Waals surface area contributed by atoms with Gasteiger partial charge in [0.2, 0.25) is 0 Å². The number of esters is 1. The molecule has 0 unspecified atom stereocenters. The van der Waals surface area contributed by atoms with Gasteiger partial charge >= 0.3 is 11.9 Å². The van der Waals surface area contributed by atoms with Gasteiger partial charge in [-0.2, -0.15) is 0 Å². The predicted octanol–water partition coefficient (Wildman–Crippen LogP) is 3.66. The van der Waals surface area contributed by atoms with Crippen LogP contribution in [0.25, 0.3) is 0 Å². The minimum atomic E-state index is -1.09. The van der Waals surface area contributed by atoms with E-state index in [1.807, 2.05) is 0 Å². The molecule has 0 saturated heterocycles. The zero-order valence-corrected chi connectivity index (χ0v) is 14.9. The van der Waals surface area contributed by atoms with Crippen LogP contribution < -0.4 is 4.74 Å². The van der Waals surface area contributed by atoms with Crippen LogP contribution >= 0.6 is 0 Å². The van der Waals surface area contributed by atoms with Crippen LogP contribution in [0.15, 0.2) is 24.3 Å². The van der Waals surface area contributed by atoms with E-state index in [-0.39, 0.29) is 46.8 Å². The first-order valence-electron chi connectivity index (χ1n) is 7.18. The number of carbonyl (C=O) groups excluding carboxylic acids is 1. The van der Waals surface area contributed by atoms with Gasteiger partial charge in [0.05, 0.1) is 0 Å². The number of carboxylic acids is 1. The number of carboxylic acid groups (broad SMARTS) is 1. The predicted molar refractivity (Wildman–Crippen MR) is 82.8 cm³/mol. The number of ether oxygens (including phenoxy) is 1. The van der Waals surface area contributed by atoms with Crippen LogP contribution in [-0.2, 0) is 4.79 Å². The van der Waals surface area contributed by atoms with E-state index in [0.717, 1.165) is 19.3 Å². The van der Waals surface area contributed by atoms with E-state index in [0.29, 0.717) is 6.42 Å². The maximum Gasteiger partial charge on any atom is 0.339 e. The van der Waals surface area contributed by atoms with E-state index in [1.54, 1.807) is 12.1 Å². The first-order chi connectivity index (χ1) is 9.65. The van der Waals surface area contributed by atoms with Crippen molar-refractivity contribution < 1.29 is 19.4 Å². The molecule has 4 nitrogen and oxygen atoms in total. The van der Waals surface area contributed by atoms with Gasteiger partial charge in [0.25, 0.3) is 0 Å². The Labute approximate surface area is 148 Å². The Morgan fingerprint density at radius 3 is 2.33 bits per heavy atom. The summed E-state index contributed by atoms with van der Waals surface area (Å²) < 4.78 is 5.11. The molecule has 0 aliphatic carbocycles. The standard InChI is InChI=1S/C16H22O4.Na/c1-2-3-4-5-6-7-12-15(17)20-14-11-9-8-10-13(14)16(18)19;/h8-11H,2-7,12H2,1H3,(H,18,19);. The van der Waals surface area contributed by atoms with E-state index in [1.165, 1.54) is 31.4 Å². The molecule has 0 bridgehead atoms. The van der Waals surface area contributed by atoms with E-state index in [9.17, 15) is 9.59 Å². The third-order valence-corrected chi connectivity index (χ3v) is 3.08. The Hall–Kier alpha value is -0.840. The largest absolute Gasteiger partial charge is 0.478 e. The number of benzene rings is 1. The summed E-state index contributed by atoms with van der Waals surface area (Å²) in [4.78, 5) is 22.6. The third-order valence-electron chi connectivity index (χ3n) is 3.08. The van der Waals surface area contributed by atoms with Crippen molar-refractivity contribution in [3.8, 4) is 5.75 Å². The molecule has 1 radical (unpaired) electrons. The molecule has 0 aromatic heterocycles. The molecule has 1 aromatic carbocycles. The summed E-state index contributed by atoms with van der Waals surface area (Å²) in [5.74, 6) is -1.34. The fourth-order valence-electron chi connectivity index (χ4n) is 1.96. The molecule has 1 aromatic rings. The Kier molecular flexibility index (Phi) is 11.3. The molecule has 1 rings (SSSR count). The number of hydrogen-bond donors (Lipinski definition) is 1. The van der Waals surface area contributed by atoms with Crippen LogP contribution in [0.2, 0.25) is 0 Å². The molecule has 0 saturated carbocycles. The van der Waals surface area contributed by atoms with E-state index >= 15 is 0 Å². The fourth-order valence-corrected chi connectivity index (χ4v) is 1.96. The molecule has 0 atom stereocenters. The van der Waals surface area contributed by atoms with Gasteiger partial charge in [0.15, 0.2) is 0 Å².